The first-order valence-electron chi connectivity index (χ1n) is 6.91. The number of amides is 1. The van der Waals surface area contributed by atoms with Gasteiger partial charge in [-0.3, -0.25) is 4.79 Å². The largest absolute Gasteiger partial charge is 0.341 e. The highest BCUT2D eigenvalue weighted by molar-refractivity contribution is 7.13. The molecule has 1 aromatic heterocycles. The number of thiazole rings is 1. The van der Waals surface area contributed by atoms with Crippen molar-refractivity contribution in [3.63, 3.8) is 0 Å². The summed E-state index contributed by atoms with van der Waals surface area (Å²) in [4.78, 5) is 18.9. The Morgan fingerprint density at radius 1 is 1.53 bits per heavy atom. The van der Waals surface area contributed by atoms with Gasteiger partial charge in [0, 0.05) is 19.6 Å². The van der Waals surface area contributed by atoms with Gasteiger partial charge in [-0.2, -0.15) is 0 Å². The van der Waals surface area contributed by atoms with E-state index in [1.807, 2.05) is 7.05 Å². The molecule has 0 aliphatic rings. The van der Waals surface area contributed by atoms with Crippen molar-refractivity contribution in [1.29, 1.82) is 0 Å². The van der Waals surface area contributed by atoms with Crippen LogP contribution in [0.4, 0.5) is 0 Å². The monoisotopic (exact) mass is 283 g/mol. The molecule has 0 fully saturated rings. The number of aryl methyl sites for hydroxylation is 1. The maximum atomic E-state index is 12.2. The van der Waals surface area contributed by atoms with Crippen molar-refractivity contribution >= 4 is 17.2 Å². The van der Waals surface area contributed by atoms with Crippen LogP contribution in [0, 0.1) is 5.92 Å². The molecule has 1 atom stereocenters. The van der Waals surface area contributed by atoms with E-state index in [0.29, 0.717) is 12.5 Å². The molecular formula is C14H25N3OS. The molecule has 1 amide bonds. The van der Waals surface area contributed by atoms with Crippen LogP contribution in [0.25, 0.3) is 0 Å². The van der Waals surface area contributed by atoms with E-state index in [0.717, 1.165) is 29.1 Å². The Hall–Kier alpha value is -0.940. The molecule has 0 aliphatic carbocycles. The summed E-state index contributed by atoms with van der Waals surface area (Å²) in [7, 11) is 1.83. The number of nitrogens with two attached hydrogens (primary N) is 1. The second-order valence-electron chi connectivity index (χ2n) is 5.29. The summed E-state index contributed by atoms with van der Waals surface area (Å²) < 4.78 is 0. The predicted molar refractivity (Wildman–Crippen MR) is 80.5 cm³/mol. The van der Waals surface area contributed by atoms with Crippen LogP contribution < -0.4 is 5.73 Å². The minimum Gasteiger partial charge on any atom is -0.341 e. The third-order valence-corrected chi connectivity index (χ3v) is 4.27. The summed E-state index contributed by atoms with van der Waals surface area (Å²) in [5.74, 6) is 0.499. The fourth-order valence-corrected chi connectivity index (χ4v) is 2.72. The third-order valence-electron chi connectivity index (χ3n) is 3.23. The first kappa shape index (κ1) is 16.1. The Bertz CT molecular complexity index is 403. The molecule has 5 heteroatoms. The van der Waals surface area contributed by atoms with Crippen molar-refractivity contribution in [2.75, 3.05) is 13.6 Å². The highest BCUT2D eigenvalue weighted by atomic mass is 32.1. The first-order valence-corrected chi connectivity index (χ1v) is 7.73. The molecule has 1 rings (SSSR count). The van der Waals surface area contributed by atoms with Crippen LogP contribution in [0.5, 0.6) is 0 Å². The summed E-state index contributed by atoms with van der Waals surface area (Å²) in [6, 6.07) is 0.146. The van der Waals surface area contributed by atoms with E-state index in [1.54, 1.807) is 11.1 Å². The van der Waals surface area contributed by atoms with Crippen LogP contribution in [-0.4, -0.2) is 35.4 Å². The quantitative estimate of drug-likeness (QED) is 0.836. The van der Waals surface area contributed by atoms with Crippen molar-refractivity contribution < 1.29 is 4.79 Å². The molecule has 1 unspecified atom stereocenters. The lowest BCUT2D eigenvalue weighted by Gasteiger charge is -2.20. The van der Waals surface area contributed by atoms with Crippen LogP contribution in [0.3, 0.4) is 0 Å². The smallest absolute Gasteiger partial charge is 0.265 e. The average molecular weight is 283 g/mol. The molecule has 4 nitrogen and oxygen atoms in total. The zero-order chi connectivity index (χ0) is 14.4. The van der Waals surface area contributed by atoms with Gasteiger partial charge < -0.3 is 10.6 Å². The summed E-state index contributed by atoms with van der Waals surface area (Å²) in [6.07, 6.45) is 4.53. The first-order chi connectivity index (χ1) is 8.95. The van der Waals surface area contributed by atoms with E-state index >= 15 is 0 Å². The molecule has 0 aliphatic heterocycles. The van der Waals surface area contributed by atoms with Gasteiger partial charge in [0.05, 0.1) is 11.2 Å². The molecule has 1 aromatic rings. The molecule has 0 saturated carbocycles. The lowest BCUT2D eigenvalue weighted by atomic mass is 10.0. The normalized spacial score (nSPS) is 12.7. The van der Waals surface area contributed by atoms with Gasteiger partial charge in [0.2, 0.25) is 0 Å². The number of hydrogen-bond donors (Lipinski definition) is 1. The van der Waals surface area contributed by atoms with Crippen LogP contribution in [0.1, 0.15) is 48.3 Å². The zero-order valence-electron chi connectivity index (χ0n) is 12.3. The maximum Gasteiger partial charge on any atom is 0.265 e. The Labute approximate surface area is 120 Å². The second-order valence-corrected chi connectivity index (χ2v) is 6.41. The predicted octanol–water partition coefficient (Wildman–Crippen LogP) is 2.54. The molecule has 0 spiro atoms. The molecule has 19 heavy (non-hydrogen) atoms. The molecule has 2 N–H and O–H groups in total. The Morgan fingerprint density at radius 3 is 2.79 bits per heavy atom. The van der Waals surface area contributed by atoms with E-state index in [1.165, 1.54) is 11.3 Å². The topological polar surface area (TPSA) is 59.2 Å². The van der Waals surface area contributed by atoms with Crippen LogP contribution in [0.15, 0.2) is 6.20 Å². The number of nitrogens with zero attached hydrogens (tertiary/aromatic N) is 2. The molecule has 0 radical (unpaired) electrons. The minimum atomic E-state index is 0.0517. The van der Waals surface area contributed by atoms with Gasteiger partial charge in [-0.25, -0.2) is 4.98 Å². The van der Waals surface area contributed by atoms with Crippen molar-refractivity contribution in [2.45, 2.75) is 46.1 Å². The summed E-state index contributed by atoms with van der Waals surface area (Å²) >= 11 is 1.50. The molecule has 0 bridgehead atoms. The average Bonchev–Trinajstić information content (AvgIpc) is 2.83. The standard InChI is InChI=1S/C14H25N3OS/c1-5-6-13-16-9-12(19-13)14(18)17(4)8-7-11(15)10(2)3/h9-11H,5-8,15H2,1-4H3. The number of rotatable bonds is 7. The third kappa shape index (κ3) is 4.91. The Balaban J connectivity index is 2.51. The van der Waals surface area contributed by atoms with Gasteiger partial charge in [-0.1, -0.05) is 20.8 Å². The highest BCUT2D eigenvalue weighted by Gasteiger charge is 2.16. The van der Waals surface area contributed by atoms with E-state index in [9.17, 15) is 4.79 Å². The lowest BCUT2D eigenvalue weighted by molar-refractivity contribution is 0.0793. The van der Waals surface area contributed by atoms with Crippen molar-refractivity contribution in [3.05, 3.63) is 16.1 Å². The zero-order valence-corrected chi connectivity index (χ0v) is 13.2. The van der Waals surface area contributed by atoms with Gasteiger partial charge in [0.15, 0.2) is 0 Å². The molecule has 108 valence electrons. The van der Waals surface area contributed by atoms with E-state index in [2.05, 4.69) is 25.8 Å². The van der Waals surface area contributed by atoms with Gasteiger partial charge in [-0.05, 0) is 25.2 Å². The van der Waals surface area contributed by atoms with E-state index < -0.39 is 0 Å². The molecule has 0 saturated heterocycles. The number of carbonyl (C=O) groups excluding carboxylic acids is 1. The molecule has 0 aromatic carbocycles. The van der Waals surface area contributed by atoms with Gasteiger partial charge in [0.1, 0.15) is 4.88 Å². The summed E-state index contributed by atoms with van der Waals surface area (Å²) in [6.45, 7) is 7.01. The van der Waals surface area contributed by atoms with Crippen LogP contribution in [-0.2, 0) is 6.42 Å². The Kier molecular flexibility index (Phi) is 6.45. The Morgan fingerprint density at radius 2 is 2.21 bits per heavy atom. The fourth-order valence-electron chi connectivity index (χ4n) is 1.70. The van der Waals surface area contributed by atoms with Crippen LogP contribution >= 0.6 is 11.3 Å². The van der Waals surface area contributed by atoms with Crippen molar-refractivity contribution in [3.8, 4) is 0 Å². The number of aromatic nitrogens is 1. The van der Waals surface area contributed by atoms with E-state index in [4.69, 9.17) is 5.73 Å². The highest BCUT2D eigenvalue weighted by Crippen LogP contribution is 2.16. The lowest BCUT2D eigenvalue weighted by Crippen LogP contribution is -2.34. The van der Waals surface area contributed by atoms with Crippen molar-refractivity contribution in [2.24, 2.45) is 11.7 Å². The second kappa shape index (κ2) is 7.60. The van der Waals surface area contributed by atoms with Gasteiger partial charge >= 0.3 is 0 Å². The number of hydrogen-bond acceptors (Lipinski definition) is 4. The van der Waals surface area contributed by atoms with Gasteiger partial charge in [-0.15, -0.1) is 11.3 Å². The van der Waals surface area contributed by atoms with Crippen molar-refractivity contribution in [1.82, 2.24) is 9.88 Å². The molecular weight excluding hydrogens is 258 g/mol. The maximum absolute atomic E-state index is 12.2. The number of carbonyl (C=O) groups is 1. The molecule has 1 heterocycles. The fraction of sp³-hybridized carbons (Fsp3) is 0.714. The van der Waals surface area contributed by atoms with Gasteiger partial charge in [0.25, 0.3) is 5.91 Å². The summed E-state index contributed by atoms with van der Waals surface area (Å²) in [5, 5.41) is 1.04. The SMILES string of the molecule is CCCc1ncc(C(=O)N(C)CCC(N)C(C)C)s1. The van der Waals surface area contributed by atoms with Crippen LogP contribution in [0.2, 0.25) is 0 Å². The minimum absolute atomic E-state index is 0.0517. The summed E-state index contributed by atoms with van der Waals surface area (Å²) in [5.41, 5.74) is 6.00. The van der Waals surface area contributed by atoms with E-state index in [-0.39, 0.29) is 11.9 Å².